The number of aliphatic hydroxyl groups is 1. The number of hydrogen-bond donors (Lipinski definition) is 1. The normalized spacial score (nSPS) is 14.9. The molecule has 0 aliphatic carbocycles. The highest BCUT2D eigenvalue weighted by Crippen LogP contribution is 2.16. The first-order chi connectivity index (χ1) is 6.54. The molecule has 0 spiro atoms. The van der Waals surface area contributed by atoms with Crippen molar-refractivity contribution in [2.24, 2.45) is 0 Å². The second-order valence-corrected chi connectivity index (χ2v) is 4.63. The van der Waals surface area contributed by atoms with Crippen molar-refractivity contribution in [3.05, 3.63) is 0 Å². The van der Waals surface area contributed by atoms with Gasteiger partial charge in [0.2, 0.25) is 0 Å². The third-order valence-corrected chi connectivity index (χ3v) is 3.24. The molecule has 3 nitrogen and oxygen atoms in total. The van der Waals surface area contributed by atoms with Crippen LogP contribution in [0.3, 0.4) is 0 Å². The van der Waals surface area contributed by atoms with Gasteiger partial charge >= 0.3 is 5.97 Å². The minimum atomic E-state index is -1.34. The molecule has 0 aliphatic heterocycles. The zero-order chi connectivity index (χ0) is 11.0. The van der Waals surface area contributed by atoms with Crippen LogP contribution in [0.4, 0.5) is 0 Å². The fourth-order valence-corrected chi connectivity index (χ4v) is 2.07. The van der Waals surface area contributed by atoms with Gasteiger partial charge in [-0.1, -0.05) is 19.8 Å². The molecule has 1 N–H and O–H groups in total. The summed E-state index contributed by atoms with van der Waals surface area (Å²) in [6.07, 6.45) is 3.53. The van der Waals surface area contributed by atoms with Crippen molar-refractivity contribution < 1.29 is 14.6 Å². The fraction of sp³-hybridized carbons (Fsp3) is 0.900. The standard InChI is InChI=1S/C10H20O3S/c1-4-5-6-7-14-8-10(2,12)9(11)13-3/h12H,4-8H2,1-3H3. The monoisotopic (exact) mass is 220 g/mol. The molecule has 0 radical (unpaired) electrons. The molecule has 0 aromatic rings. The summed E-state index contributed by atoms with van der Waals surface area (Å²) in [6.45, 7) is 3.64. The van der Waals surface area contributed by atoms with Gasteiger partial charge in [0, 0.05) is 5.75 Å². The van der Waals surface area contributed by atoms with Crippen LogP contribution in [0.25, 0.3) is 0 Å². The summed E-state index contributed by atoms with van der Waals surface area (Å²) in [5.41, 5.74) is -1.34. The van der Waals surface area contributed by atoms with Gasteiger partial charge in [0.1, 0.15) is 0 Å². The van der Waals surface area contributed by atoms with Gasteiger partial charge in [-0.05, 0) is 19.1 Å². The number of carbonyl (C=O) groups is 1. The van der Waals surface area contributed by atoms with E-state index in [1.807, 2.05) is 0 Å². The van der Waals surface area contributed by atoms with Gasteiger partial charge in [-0.15, -0.1) is 0 Å². The Hall–Kier alpha value is -0.220. The van der Waals surface area contributed by atoms with Crippen molar-refractivity contribution in [1.82, 2.24) is 0 Å². The second-order valence-electron chi connectivity index (χ2n) is 3.53. The number of rotatable bonds is 7. The maximum Gasteiger partial charge on any atom is 0.338 e. The van der Waals surface area contributed by atoms with E-state index in [1.54, 1.807) is 11.8 Å². The average molecular weight is 220 g/mol. The zero-order valence-electron chi connectivity index (χ0n) is 9.21. The van der Waals surface area contributed by atoms with Crippen LogP contribution in [0.15, 0.2) is 0 Å². The van der Waals surface area contributed by atoms with Crippen molar-refractivity contribution in [1.29, 1.82) is 0 Å². The van der Waals surface area contributed by atoms with Crippen molar-refractivity contribution >= 4 is 17.7 Å². The highest BCUT2D eigenvalue weighted by molar-refractivity contribution is 7.99. The Morgan fingerprint density at radius 1 is 1.50 bits per heavy atom. The van der Waals surface area contributed by atoms with Crippen LogP contribution in [0, 0.1) is 0 Å². The van der Waals surface area contributed by atoms with E-state index in [2.05, 4.69) is 11.7 Å². The molecule has 4 heteroatoms. The van der Waals surface area contributed by atoms with Crippen LogP contribution in [0.1, 0.15) is 33.1 Å². The lowest BCUT2D eigenvalue weighted by atomic mass is 10.1. The van der Waals surface area contributed by atoms with Gasteiger partial charge < -0.3 is 9.84 Å². The molecule has 1 unspecified atom stereocenters. The van der Waals surface area contributed by atoms with E-state index < -0.39 is 11.6 Å². The van der Waals surface area contributed by atoms with Crippen molar-refractivity contribution in [2.75, 3.05) is 18.6 Å². The molecule has 0 aromatic carbocycles. The number of carbonyl (C=O) groups excluding carboxylic acids is 1. The summed E-state index contributed by atoms with van der Waals surface area (Å²) >= 11 is 1.59. The van der Waals surface area contributed by atoms with E-state index in [4.69, 9.17) is 0 Å². The Balaban J connectivity index is 3.60. The van der Waals surface area contributed by atoms with E-state index in [0.717, 1.165) is 12.2 Å². The van der Waals surface area contributed by atoms with Gasteiger partial charge in [0.25, 0.3) is 0 Å². The zero-order valence-corrected chi connectivity index (χ0v) is 10.0. The molecular weight excluding hydrogens is 200 g/mol. The van der Waals surface area contributed by atoms with E-state index in [0.29, 0.717) is 5.75 Å². The maximum atomic E-state index is 11.1. The number of esters is 1. The molecule has 0 saturated carbocycles. The summed E-state index contributed by atoms with van der Waals surface area (Å²) in [4.78, 5) is 11.1. The number of methoxy groups -OCH3 is 1. The number of hydrogen-bond acceptors (Lipinski definition) is 4. The summed E-state index contributed by atoms with van der Waals surface area (Å²) in [7, 11) is 1.29. The van der Waals surface area contributed by atoms with Gasteiger partial charge in [-0.3, -0.25) is 0 Å². The average Bonchev–Trinajstić information content (AvgIpc) is 2.16. The first-order valence-electron chi connectivity index (χ1n) is 4.93. The van der Waals surface area contributed by atoms with Gasteiger partial charge in [-0.25, -0.2) is 4.79 Å². The minimum absolute atomic E-state index is 0.406. The highest BCUT2D eigenvalue weighted by atomic mass is 32.2. The molecule has 84 valence electrons. The third-order valence-electron chi connectivity index (χ3n) is 1.90. The first kappa shape index (κ1) is 13.8. The third kappa shape index (κ3) is 5.50. The van der Waals surface area contributed by atoms with Gasteiger partial charge in [-0.2, -0.15) is 11.8 Å². The van der Waals surface area contributed by atoms with E-state index >= 15 is 0 Å². The molecule has 0 fully saturated rings. The smallest absolute Gasteiger partial charge is 0.338 e. The van der Waals surface area contributed by atoms with Crippen molar-refractivity contribution in [2.45, 2.75) is 38.7 Å². The van der Waals surface area contributed by atoms with E-state index in [-0.39, 0.29) is 0 Å². The molecule has 0 heterocycles. The summed E-state index contributed by atoms with van der Waals surface area (Å²) in [6, 6.07) is 0. The molecule has 1 atom stereocenters. The van der Waals surface area contributed by atoms with Crippen molar-refractivity contribution in [3.8, 4) is 0 Å². The molecule has 0 aliphatic rings. The minimum Gasteiger partial charge on any atom is -0.467 e. The molecule has 0 saturated heterocycles. The van der Waals surface area contributed by atoms with Crippen LogP contribution in [-0.2, 0) is 9.53 Å². The molecular formula is C10H20O3S. The molecule has 14 heavy (non-hydrogen) atoms. The Morgan fingerprint density at radius 2 is 2.14 bits per heavy atom. The Bertz CT molecular complexity index is 169. The van der Waals surface area contributed by atoms with E-state index in [1.165, 1.54) is 26.9 Å². The lowest BCUT2D eigenvalue weighted by Gasteiger charge is -2.19. The van der Waals surface area contributed by atoms with Crippen LogP contribution < -0.4 is 0 Å². The van der Waals surface area contributed by atoms with Crippen molar-refractivity contribution in [3.63, 3.8) is 0 Å². The fourth-order valence-electron chi connectivity index (χ4n) is 1.00. The molecule has 0 amide bonds. The summed E-state index contributed by atoms with van der Waals surface area (Å²) in [5, 5.41) is 9.64. The highest BCUT2D eigenvalue weighted by Gasteiger charge is 2.30. The quantitative estimate of drug-likeness (QED) is 0.525. The SMILES string of the molecule is CCCCCSCC(C)(O)C(=O)OC. The summed E-state index contributed by atoms with van der Waals surface area (Å²) < 4.78 is 4.49. The lowest BCUT2D eigenvalue weighted by molar-refractivity contribution is -0.158. The predicted molar refractivity (Wildman–Crippen MR) is 59.5 cm³/mol. The number of ether oxygens (including phenoxy) is 1. The molecule has 0 bridgehead atoms. The first-order valence-corrected chi connectivity index (χ1v) is 6.08. The number of unbranched alkanes of at least 4 members (excludes halogenated alkanes) is 2. The Labute approximate surface area is 90.2 Å². The maximum absolute atomic E-state index is 11.1. The Morgan fingerprint density at radius 3 is 2.64 bits per heavy atom. The van der Waals surface area contributed by atoms with Gasteiger partial charge in [0.15, 0.2) is 5.60 Å². The largest absolute Gasteiger partial charge is 0.467 e. The van der Waals surface area contributed by atoms with Crippen LogP contribution in [-0.4, -0.2) is 35.3 Å². The Kier molecular flexibility index (Phi) is 7.01. The lowest BCUT2D eigenvalue weighted by Crippen LogP contribution is -2.38. The predicted octanol–water partition coefficient (Wildman–Crippen LogP) is 1.83. The topological polar surface area (TPSA) is 46.5 Å². The summed E-state index contributed by atoms with van der Waals surface area (Å²) in [5.74, 6) is 0.838. The number of thioether (sulfide) groups is 1. The van der Waals surface area contributed by atoms with Crippen LogP contribution >= 0.6 is 11.8 Å². The van der Waals surface area contributed by atoms with Crippen LogP contribution in [0.2, 0.25) is 0 Å². The molecule has 0 rings (SSSR count). The van der Waals surface area contributed by atoms with Gasteiger partial charge in [0.05, 0.1) is 7.11 Å². The molecule has 0 aromatic heterocycles. The van der Waals surface area contributed by atoms with E-state index in [9.17, 15) is 9.90 Å². The second kappa shape index (κ2) is 7.12. The van der Waals surface area contributed by atoms with Crippen LogP contribution in [0.5, 0.6) is 0 Å².